The number of ether oxygens (including phenoxy) is 1. The maximum Gasteiger partial charge on any atom is 0.319 e. The van der Waals surface area contributed by atoms with Gasteiger partial charge in [0.15, 0.2) is 0 Å². The molecule has 2 N–H and O–H groups in total. The maximum atomic E-state index is 5.88. The molecule has 1 fully saturated rings. The minimum atomic E-state index is 0.0799. The molecule has 1 saturated carbocycles. The minimum absolute atomic E-state index is 0.0799. The van der Waals surface area contributed by atoms with Crippen molar-refractivity contribution >= 4 is 6.01 Å². The summed E-state index contributed by atoms with van der Waals surface area (Å²) in [5.41, 5.74) is 6.26. The van der Waals surface area contributed by atoms with Crippen molar-refractivity contribution in [3.8, 4) is 17.1 Å². The van der Waals surface area contributed by atoms with Crippen LogP contribution in [0.25, 0.3) is 11.4 Å². The maximum absolute atomic E-state index is 5.88. The van der Waals surface area contributed by atoms with E-state index < -0.39 is 0 Å². The monoisotopic (exact) mass is 245 g/mol. The highest BCUT2D eigenvalue weighted by atomic mass is 16.5. The molecule has 3 rings (SSSR count). The van der Waals surface area contributed by atoms with E-state index in [1.807, 2.05) is 24.3 Å². The molecule has 0 saturated heterocycles. The zero-order valence-electron chi connectivity index (χ0n) is 10.0. The minimum Gasteiger partial charge on any atom is -0.490 e. The van der Waals surface area contributed by atoms with E-state index in [1.54, 1.807) is 0 Å². The van der Waals surface area contributed by atoms with Crippen molar-refractivity contribution in [3.05, 3.63) is 24.3 Å². The largest absolute Gasteiger partial charge is 0.490 e. The van der Waals surface area contributed by atoms with E-state index in [1.165, 1.54) is 12.8 Å². The Labute approximate surface area is 105 Å². The third-order valence-corrected chi connectivity index (χ3v) is 3.16. The average Bonchev–Trinajstić information content (AvgIpc) is 3.02. The highest BCUT2D eigenvalue weighted by Gasteiger charge is 2.16. The summed E-state index contributed by atoms with van der Waals surface area (Å²) in [5, 5.41) is 3.77. The van der Waals surface area contributed by atoms with Crippen LogP contribution in [0.15, 0.2) is 28.8 Å². The lowest BCUT2D eigenvalue weighted by atomic mass is 10.2. The molecule has 18 heavy (non-hydrogen) atoms. The zero-order valence-corrected chi connectivity index (χ0v) is 10.0. The van der Waals surface area contributed by atoms with E-state index >= 15 is 0 Å². The van der Waals surface area contributed by atoms with Crippen molar-refractivity contribution in [1.29, 1.82) is 0 Å². The van der Waals surface area contributed by atoms with E-state index in [9.17, 15) is 0 Å². The summed E-state index contributed by atoms with van der Waals surface area (Å²) in [6.45, 7) is 0. The Balaban J connectivity index is 1.72. The molecule has 1 aromatic heterocycles. The van der Waals surface area contributed by atoms with Crippen LogP contribution in [-0.4, -0.2) is 16.2 Å². The van der Waals surface area contributed by atoms with Crippen molar-refractivity contribution in [1.82, 2.24) is 10.1 Å². The number of hydrogen-bond acceptors (Lipinski definition) is 5. The van der Waals surface area contributed by atoms with Gasteiger partial charge in [-0.15, -0.1) is 0 Å². The second-order valence-electron chi connectivity index (χ2n) is 4.50. The Bertz CT molecular complexity index is 515. The van der Waals surface area contributed by atoms with Crippen LogP contribution in [0.4, 0.5) is 6.01 Å². The molecule has 0 radical (unpaired) electrons. The lowest BCUT2D eigenvalue weighted by Crippen LogP contribution is -2.10. The topological polar surface area (TPSA) is 74.2 Å². The van der Waals surface area contributed by atoms with Gasteiger partial charge >= 0.3 is 6.01 Å². The van der Waals surface area contributed by atoms with E-state index in [0.717, 1.165) is 24.2 Å². The van der Waals surface area contributed by atoms with Crippen molar-refractivity contribution < 1.29 is 9.26 Å². The van der Waals surface area contributed by atoms with Crippen LogP contribution >= 0.6 is 0 Å². The Morgan fingerprint density at radius 3 is 2.50 bits per heavy atom. The first-order chi connectivity index (χ1) is 8.81. The van der Waals surface area contributed by atoms with Gasteiger partial charge < -0.3 is 15.0 Å². The molecule has 0 aliphatic heterocycles. The number of anilines is 1. The summed E-state index contributed by atoms with van der Waals surface area (Å²) in [6.07, 6.45) is 5.22. The highest BCUT2D eigenvalue weighted by molar-refractivity contribution is 5.56. The molecular weight excluding hydrogens is 230 g/mol. The van der Waals surface area contributed by atoms with Gasteiger partial charge in [0.2, 0.25) is 5.82 Å². The van der Waals surface area contributed by atoms with Crippen molar-refractivity contribution in [3.63, 3.8) is 0 Å². The molecule has 0 bridgehead atoms. The lowest BCUT2D eigenvalue weighted by molar-refractivity contribution is 0.210. The molecule has 1 heterocycles. The van der Waals surface area contributed by atoms with Gasteiger partial charge in [-0.1, -0.05) is 5.16 Å². The highest BCUT2D eigenvalue weighted by Crippen LogP contribution is 2.26. The van der Waals surface area contributed by atoms with Crippen LogP contribution in [0.5, 0.6) is 5.75 Å². The van der Waals surface area contributed by atoms with Crippen LogP contribution in [0.2, 0.25) is 0 Å². The Hall–Kier alpha value is -2.04. The van der Waals surface area contributed by atoms with Crippen LogP contribution in [-0.2, 0) is 0 Å². The Morgan fingerprint density at radius 1 is 1.17 bits per heavy atom. The fourth-order valence-corrected chi connectivity index (χ4v) is 2.23. The third-order valence-electron chi connectivity index (χ3n) is 3.16. The zero-order chi connectivity index (χ0) is 12.4. The number of nitrogens with two attached hydrogens (primary N) is 1. The first-order valence-electron chi connectivity index (χ1n) is 6.17. The summed E-state index contributed by atoms with van der Waals surface area (Å²) >= 11 is 0. The quantitative estimate of drug-likeness (QED) is 0.899. The number of aromatic nitrogens is 2. The second kappa shape index (κ2) is 4.68. The fraction of sp³-hybridized carbons (Fsp3) is 0.385. The molecule has 5 heteroatoms. The first kappa shape index (κ1) is 11.1. The summed E-state index contributed by atoms with van der Waals surface area (Å²) < 4.78 is 10.6. The van der Waals surface area contributed by atoms with Crippen molar-refractivity contribution in [2.24, 2.45) is 0 Å². The number of nitrogens with zero attached hydrogens (tertiary/aromatic N) is 2. The van der Waals surface area contributed by atoms with Gasteiger partial charge in [-0.25, -0.2) is 0 Å². The number of nitrogen functional groups attached to an aromatic ring is 1. The predicted octanol–water partition coefficient (Wildman–Crippen LogP) is 2.64. The summed E-state index contributed by atoms with van der Waals surface area (Å²) in [7, 11) is 0. The van der Waals surface area contributed by atoms with Crippen molar-refractivity contribution in [2.75, 3.05) is 5.73 Å². The molecule has 1 aliphatic rings. The molecule has 5 nitrogen and oxygen atoms in total. The Kier molecular flexibility index (Phi) is 2.88. The number of benzene rings is 1. The molecule has 94 valence electrons. The van der Waals surface area contributed by atoms with Crippen molar-refractivity contribution in [2.45, 2.75) is 31.8 Å². The van der Waals surface area contributed by atoms with Crippen LogP contribution in [0.1, 0.15) is 25.7 Å². The molecular formula is C13H15N3O2. The molecule has 0 atom stereocenters. The van der Waals surface area contributed by atoms with Crippen LogP contribution in [0, 0.1) is 0 Å². The molecule has 0 spiro atoms. The van der Waals surface area contributed by atoms with Crippen LogP contribution in [0.3, 0.4) is 0 Å². The number of hydrogen-bond donors (Lipinski definition) is 1. The van der Waals surface area contributed by atoms with E-state index in [4.69, 9.17) is 15.0 Å². The standard InChI is InChI=1S/C13H15N3O2/c14-13-15-12(16-18-13)9-5-7-11(8-6-9)17-10-3-1-2-4-10/h5-8,10H,1-4H2,(H2,14,15,16). The molecule has 0 amide bonds. The summed E-state index contributed by atoms with van der Waals surface area (Å²) in [5.74, 6) is 1.39. The summed E-state index contributed by atoms with van der Waals surface area (Å²) in [6, 6.07) is 7.76. The van der Waals surface area contributed by atoms with Gasteiger partial charge in [-0.05, 0) is 49.9 Å². The second-order valence-corrected chi connectivity index (χ2v) is 4.50. The molecule has 2 aromatic rings. The molecule has 0 unspecified atom stereocenters. The van der Waals surface area contributed by atoms with E-state index in [-0.39, 0.29) is 6.01 Å². The van der Waals surface area contributed by atoms with Gasteiger partial charge in [-0.2, -0.15) is 4.98 Å². The Morgan fingerprint density at radius 2 is 1.89 bits per heavy atom. The molecule has 1 aliphatic carbocycles. The first-order valence-corrected chi connectivity index (χ1v) is 6.17. The normalized spacial score (nSPS) is 16.0. The smallest absolute Gasteiger partial charge is 0.319 e. The van der Waals surface area contributed by atoms with E-state index in [0.29, 0.717) is 11.9 Å². The van der Waals surface area contributed by atoms with Gasteiger partial charge in [-0.3, -0.25) is 0 Å². The third kappa shape index (κ3) is 2.30. The van der Waals surface area contributed by atoms with Crippen LogP contribution < -0.4 is 10.5 Å². The SMILES string of the molecule is Nc1nc(-c2ccc(OC3CCCC3)cc2)no1. The van der Waals surface area contributed by atoms with Gasteiger partial charge in [0.25, 0.3) is 0 Å². The van der Waals surface area contributed by atoms with Gasteiger partial charge in [0, 0.05) is 5.56 Å². The molecule has 1 aromatic carbocycles. The van der Waals surface area contributed by atoms with Gasteiger partial charge in [0.1, 0.15) is 5.75 Å². The van der Waals surface area contributed by atoms with E-state index in [2.05, 4.69) is 10.1 Å². The van der Waals surface area contributed by atoms with Gasteiger partial charge in [0.05, 0.1) is 6.10 Å². The summed E-state index contributed by atoms with van der Waals surface area (Å²) in [4.78, 5) is 3.97. The lowest BCUT2D eigenvalue weighted by Gasteiger charge is -2.12. The fourth-order valence-electron chi connectivity index (χ4n) is 2.23. The predicted molar refractivity (Wildman–Crippen MR) is 67.0 cm³/mol. The average molecular weight is 245 g/mol. The number of rotatable bonds is 3.